The topological polar surface area (TPSA) is 24.9 Å². The Morgan fingerprint density at radius 2 is 2.29 bits per heavy atom. The molecule has 0 aliphatic heterocycles. The van der Waals surface area contributed by atoms with E-state index in [0.29, 0.717) is 0 Å². The molecule has 5 heteroatoms. The third-order valence-corrected chi connectivity index (χ3v) is 4.61. The summed E-state index contributed by atoms with van der Waals surface area (Å²) in [7, 11) is 0. The number of nitrogens with zero attached hydrogens (tertiary/aromatic N) is 1. The summed E-state index contributed by atoms with van der Waals surface area (Å²) in [5.74, 6) is 1.69. The zero-order chi connectivity index (χ0) is 12.1. The van der Waals surface area contributed by atoms with E-state index in [2.05, 4.69) is 34.7 Å². The van der Waals surface area contributed by atoms with Gasteiger partial charge in [0.05, 0.1) is 14.9 Å². The van der Waals surface area contributed by atoms with Gasteiger partial charge >= 0.3 is 0 Å². The largest absolute Gasteiger partial charge is 0.370 e. The van der Waals surface area contributed by atoms with Crippen LogP contribution in [-0.2, 0) is 5.75 Å². The minimum Gasteiger partial charge on any atom is -0.370 e. The van der Waals surface area contributed by atoms with Crippen LogP contribution in [0.15, 0.2) is 33.9 Å². The molecule has 0 unspecified atom stereocenters. The third kappa shape index (κ3) is 3.63. The molecule has 2 aromatic rings. The predicted molar refractivity (Wildman–Crippen MR) is 77.3 cm³/mol. The van der Waals surface area contributed by atoms with Gasteiger partial charge in [0.2, 0.25) is 0 Å². The summed E-state index contributed by atoms with van der Waals surface area (Å²) in [6.45, 7) is 2.92. The van der Waals surface area contributed by atoms with Gasteiger partial charge in [0.25, 0.3) is 0 Å². The molecule has 0 saturated heterocycles. The fourth-order valence-electron chi connectivity index (χ4n) is 1.35. The van der Waals surface area contributed by atoms with Gasteiger partial charge in [-0.3, -0.25) is 0 Å². The van der Waals surface area contributed by atoms with E-state index in [9.17, 15) is 0 Å². The molecule has 0 aliphatic rings. The highest BCUT2D eigenvalue weighted by Gasteiger charge is 2.05. The first-order chi connectivity index (χ1) is 8.29. The summed E-state index contributed by atoms with van der Waals surface area (Å²) in [6, 6.07) is 7.97. The van der Waals surface area contributed by atoms with Crippen molar-refractivity contribution in [2.75, 3.05) is 11.9 Å². The van der Waals surface area contributed by atoms with Gasteiger partial charge in [0.1, 0.15) is 5.82 Å². The van der Waals surface area contributed by atoms with E-state index in [1.54, 1.807) is 23.1 Å². The Kier molecular flexibility index (Phi) is 4.71. The Hall–Kier alpha value is -0.710. The maximum atomic E-state index is 6.14. The van der Waals surface area contributed by atoms with Crippen LogP contribution in [0.2, 0.25) is 5.02 Å². The molecule has 17 heavy (non-hydrogen) atoms. The van der Waals surface area contributed by atoms with Crippen molar-refractivity contribution in [1.82, 2.24) is 4.98 Å². The molecule has 2 heterocycles. The molecule has 2 aromatic heterocycles. The van der Waals surface area contributed by atoms with Crippen molar-refractivity contribution >= 4 is 40.5 Å². The lowest BCUT2D eigenvalue weighted by Gasteiger charge is -2.06. The molecule has 0 spiro atoms. The fraction of sp³-hybridized carbons (Fsp3) is 0.250. The van der Waals surface area contributed by atoms with E-state index in [1.807, 2.05) is 12.1 Å². The summed E-state index contributed by atoms with van der Waals surface area (Å²) in [5.41, 5.74) is 0.934. The number of halogens is 1. The quantitative estimate of drug-likeness (QED) is 0.817. The lowest BCUT2D eigenvalue weighted by molar-refractivity contribution is 1.11. The van der Waals surface area contributed by atoms with E-state index < -0.39 is 0 Å². The molecular weight excluding hydrogens is 272 g/mol. The Morgan fingerprint density at radius 3 is 3.00 bits per heavy atom. The molecule has 0 aromatic carbocycles. The Morgan fingerprint density at radius 1 is 1.41 bits per heavy atom. The molecule has 0 radical (unpaired) electrons. The van der Waals surface area contributed by atoms with Crippen LogP contribution in [0.3, 0.4) is 0 Å². The van der Waals surface area contributed by atoms with Crippen molar-refractivity contribution in [3.63, 3.8) is 0 Å². The summed E-state index contributed by atoms with van der Waals surface area (Å²) < 4.78 is 1.29. The van der Waals surface area contributed by atoms with Crippen LogP contribution in [0.4, 0.5) is 5.82 Å². The van der Waals surface area contributed by atoms with Crippen LogP contribution >= 0.6 is 34.7 Å². The van der Waals surface area contributed by atoms with Gasteiger partial charge in [0.15, 0.2) is 0 Å². The average molecular weight is 285 g/mol. The number of anilines is 1. The van der Waals surface area contributed by atoms with Crippen molar-refractivity contribution in [2.45, 2.75) is 16.9 Å². The molecule has 0 fully saturated rings. The molecule has 90 valence electrons. The molecule has 2 nitrogen and oxygen atoms in total. The number of pyridine rings is 1. The molecule has 1 N–H and O–H groups in total. The molecule has 0 atom stereocenters. The second kappa shape index (κ2) is 6.28. The van der Waals surface area contributed by atoms with Gasteiger partial charge in [-0.15, -0.1) is 23.1 Å². The van der Waals surface area contributed by atoms with Gasteiger partial charge in [-0.25, -0.2) is 4.98 Å². The summed E-state index contributed by atoms with van der Waals surface area (Å²) in [6.07, 6.45) is 0. The van der Waals surface area contributed by atoms with Crippen molar-refractivity contribution < 1.29 is 0 Å². The van der Waals surface area contributed by atoms with E-state index in [-0.39, 0.29) is 0 Å². The van der Waals surface area contributed by atoms with Crippen LogP contribution < -0.4 is 5.32 Å². The minimum atomic E-state index is 0.732. The highest BCUT2D eigenvalue weighted by molar-refractivity contribution is 8.00. The monoisotopic (exact) mass is 284 g/mol. The molecule has 2 rings (SSSR count). The summed E-state index contributed by atoms with van der Waals surface area (Å²) in [4.78, 5) is 4.50. The maximum absolute atomic E-state index is 6.14. The number of thioether (sulfide) groups is 1. The number of rotatable bonds is 5. The maximum Gasteiger partial charge on any atom is 0.126 e. The van der Waals surface area contributed by atoms with Crippen molar-refractivity contribution in [3.05, 3.63) is 40.4 Å². The van der Waals surface area contributed by atoms with Gasteiger partial charge in [0, 0.05) is 12.3 Å². The van der Waals surface area contributed by atoms with Crippen LogP contribution in [0.5, 0.6) is 0 Å². The van der Waals surface area contributed by atoms with Crippen LogP contribution in [0.1, 0.15) is 12.6 Å². The number of hydrogen-bond donors (Lipinski definition) is 1. The number of thiophene rings is 1. The van der Waals surface area contributed by atoms with Crippen molar-refractivity contribution in [2.24, 2.45) is 0 Å². The molecule has 0 aliphatic carbocycles. The lowest BCUT2D eigenvalue weighted by Crippen LogP contribution is -2.01. The van der Waals surface area contributed by atoms with Crippen molar-refractivity contribution in [3.8, 4) is 0 Å². The van der Waals surface area contributed by atoms with Gasteiger partial charge in [-0.2, -0.15) is 0 Å². The molecule has 0 saturated carbocycles. The SMILES string of the molecule is CCNc1ccc(Cl)c(CSc2cccs2)n1. The number of hydrogen-bond acceptors (Lipinski definition) is 4. The third-order valence-electron chi connectivity index (χ3n) is 2.12. The Bertz CT molecular complexity index is 471. The number of nitrogens with one attached hydrogen (secondary N) is 1. The standard InChI is InChI=1S/C12H13ClN2S2/c1-2-14-11-6-5-9(13)10(15-11)8-17-12-4-3-7-16-12/h3-7H,2,8H2,1H3,(H,14,15). The highest BCUT2D eigenvalue weighted by Crippen LogP contribution is 2.29. The Balaban J connectivity index is 2.06. The summed E-state index contributed by atoms with van der Waals surface area (Å²) in [5, 5.41) is 6.00. The first-order valence-electron chi connectivity index (χ1n) is 5.35. The van der Waals surface area contributed by atoms with E-state index in [0.717, 1.165) is 28.8 Å². The smallest absolute Gasteiger partial charge is 0.126 e. The summed E-state index contributed by atoms with van der Waals surface area (Å²) >= 11 is 9.64. The fourth-order valence-corrected chi connectivity index (χ4v) is 3.34. The van der Waals surface area contributed by atoms with E-state index in [1.165, 1.54) is 4.21 Å². The van der Waals surface area contributed by atoms with Gasteiger partial charge in [-0.05, 0) is 30.5 Å². The first-order valence-corrected chi connectivity index (χ1v) is 7.59. The second-order valence-electron chi connectivity index (χ2n) is 3.38. The second-order valence-corrected chi connectivity index (χ2v) is 6.01. The average Bonchev–Trinajstić information content (AvgIpc) is 2.83. The minimum absolute atomic E-state index is 0.732. The Labute approximate surface area is 114 Å². The van der Waals surface area contributed by atoms with Gasteiger partial charge < -0.3 is 5.32 Å². The van der Waals surface area contributed by atoms with E-state index in [4.69, 9.17) is 11.6 Å². The first kappa shape index (κ1) is 12.7. The molecule has 0 bridgehead atoms. The lowest BCUT2D eigenvalue weighted by atomic mass is 10.3. The predicted octanol–water partition coefficient (Wildman–Crippen LogP) is 4.52. The van der Waals surface area contributed by atoms with E-state index >= 15 is 0 Å². The normalized spacial score (nSPS) is 10.5. The van der Waals surface area contributed by atoms with Gasteiger partial charge in [-0.1, -0.05) is 17.7 Å². The van der Waals surface area contributed by atoms with Crippen LogP contribution in [0.25, 0.3) is 0 Å². The van der Waals surface area contributed by atoms with Crippen molar-refractivity contribution in [1.29, 1.82) is 0 Å². The molecular formula is C12H13ClN2S2. The number of aromatic nitrogens is 1. The zero-order valence-corrected chi connectivity index (χ0v) is 11.8. The van der Waals surface area contributed by atoms with Crippen LogP contribution in [0, 0.1) is 0 Å². The molecule has 0 amide bonds. The highest BCUT2D eigenvalue weighted by atomic mass is 35.5. The van der Waals surface area contributed by atoms with Crippen LogP contribution in [-0.4, -0.2) is 11.5 Å². The zero-order valence-electron chi connectivity index (χ0n) is 9.44.